The Morgan fingerprint density at radius 3 is 2.89 bits per heavy atom. The molecule has 1 aromatic rings. The Labute approximate surface area is 136 Å². The molecule has 0 aromatic carbocycles. The van der Waals surface area contributed by atoms with Gasteiger partial charge in [0.15, 0.2) is 0 Å². The van der Waals surface area contributed by atoms with Crippen molar-refractivity contribution in [3.63, 3.8) is 0 Å². The molecule has 2 aliphatic heterocycles. The van der Waals surface area contributed by atoms with E-state index in [-0.39, 0.29) is 24.8 Å². The molecular formula is C13H21Cl3N2S. The summed E-state index contributed by atoms with van der Waals surface area (Å²) in [6, 6.07) is 4.96. The van der Waals surface area contributed by atoms with Gasteiger partial charge < -0.3 is 5.32 Å². The van der Waals surface area contributed by atoms with Crippen molar-refractivity contribution in [1.29, 1.82) is 0 Å². The highest BCUT2D eigenvalue weighted by Crippen LogP contribution is 2.28. The lowest BCUT2D eigenvalue weighted by molar-refractivity contribution is 0.110. The zero-order chi connectivity index (χ0) is 11.7. The molecule has 2 fully saturated rings. The summed E-state index contributed by atoms with van der Waals surface area (Å²) in [5.41, 5.74) is 0. The van der Waals surface area contributed by atoms with E-state index in [4.69, 9.17) is 11.6 Å². The van der Waals surface area contributed by atoms with Crippen LogP contribution in [-0.2, 0) is 6.54 Å². The molecule has 0 saturated carbocycles. The first-order chi connectivity index (χ1) is 8.31. The van der Waals surface area contributed by atoms with E-state index in [0.717, 1.165) is 22.8 Å². The van der Waals surface area contributed by atoms with Crippen LogP contribution in [0.15, 0.2) is 12.1 Å². The second-order valence-corrected chi connectivity index (χ2v) is 6.99. The Kier molecular flexibility index (Phi) is 7.44. The van der Waals surface area contributed by atoms with Gasteiger partial charge in [-0.1, -0.05) is 11.6 Å². The van der Waals surface area contributed by atoms with Crippen LogP contribution < -0.4 is 5.32 Å². The van der Waals surface area contributed by atoms with E-state index in [9.17, 15) is 0 Å². The number of likely N-dealkylation sites (tertiary alicyclic amines) is 1. The largest absolute Gasteiger partial charge is 0.314 e. The smallest absolute Gasteiger partial charge is 0.0931 e. The quantitative estimate of drug-likeness (QED) is 0.878. The molecule has 3 rings (SSSR count). The lowest BCUT2D eigenvalue weighted by Crippen LogP contribution is -2.51. The molecule has 19 heavy (non-hydrogen) atoms. The average Bonchev–Trinajstić information content (AvgIpc) is 2.75. The van der Waals surface area contributed by atoms with E-state index in [1.54, 1.807) is 11.3 Å². The molecule has 0 radical (unpaired) electrons. The number of fused-ring (bicyclic) bond motifs is 1. The van der Waals surface area contributed by atoms with Crippen LogP contribution in [0.5, 0.6) is 0 Å². The van der Waals surface area contributed by atoms with Gasteiger partial charge in [0.1, 0.15) is 0 Å². The topological polar surface area (TPSA) is 15.3 Å². The summed E-state index contributed by atoms with van der Waals surface area (Å²) in [5, 5.41) is 3.66. The number of thiophene rings is 1. The summed E-state index contributed by atoms with van der Waals surface area (Å²) in [4.78, 5) is 3.99. The van der Waals surface area contributed by atoms with E-state index in [1.807, 2.05) is 6.07 Å². The van der Waals surface area contributed by atoms with Gasteiger partial charge in [-0.3, -0.25) is 4.90 Å². The zero-order valence-corrected chi connectivity index (χ0v) is 14.0. The maximum atomic E-state index is 5.98. The fourth-order valence-electron chi connectivity index (χ4n) is 3.12. The van der Waals surface area contributed by atoms with E-state index in [1.165, 1.54) is 43.8 Å². The fourth-order valence-corrected chi connectivity index (χ4v) is 4.25. The highest BCUT2D eigenvalue weighted by Gasteiger charge is 2.30. The Morgan fingerprint density at radius 2 is 2.16 bits per heavy atom. The maximum absolute atomic E-state index is 5.98. The van der Waals surface area contributed by atoms with Gasteiger partial charge in [-0.15, -0.1) is 36.2 Å². The molecule has 2 atom stereocenters. The van der Waals surface area contributed by atoms with Gasteiger partial charge >= 0.3 is 0 Å². The Bertz CT molecular complexity index is 386. The van der Waals surface area contributed by atoms with Gasteiger partial charge in [-0.2, -0.15) is 0 Å². The van der Waals surface area contributed by atoms with Crippen molar-refractivity contribution in [3.8, 4) is 0 Å². The Hall–Kier alpha value is 0.490. The summed E-state index contributed by atoms with van der Waals surface area (Å²) < 4.78 is 0.911. The number of hydrogen-bond acceptors (Lipinski definition) is 3. The molecule has 1 N–H and O–H groups in total. The molecule has 6 heteroatoms. The van der Waals surface area contributed by atoms with Gasteiger partial charge in [0, 0.05) is 30.6 Å². The Balaban J connectivity index is 0.000000902. The first-order valence-corrected chi connectivity index (χ1v) is 7.70. The third kappa shape index (κ3) is 4.48. The molecule has 2 nitrogen and oxygen atoms in total. The molecule has 0 bridgehead atoms. The summed E-state index contributed by atoms with van der Waals surface area (Å²) in [5.74, 6) is 0.868. The van der Waals surface area contributed by atoms with Crippen molar-refractivity contribution >= 4 is 47.8 Å². The van der Waals surface area contributed by atoms with Crippen LogP contribution in [0.25, 0.3) is 0 Å². The van der Waals surface area contributed by atoms with E-state index < -0.39 is 0 Å². The van der Waals surface area contributed by atoms with Crippen LogP contribution >= 0.6 is 47.8 Å². The van der Waals surface area contributed by atoms with Crippen molar-refractivity contribution in [2.75, 3.05) is 19.6 Å². The summed E-state index contributed by atoms with van der Waals surface area (Å²) in [6.07, 6.45) is 4.06. The SMILES string of the molecule is Cl.Cl.Clc1ccc(CN2CC[C@@H]3NCCC[C@@H]3C2)s1. The number of halogens is 3. The molecule has 0 unspecified atom stereocenters. The number of nitrogens with one attached hydrogen (secondary N) is 1. The highest BCUT2D eigenvalue weighted by molar-refractivity contribution is 7.16. The molecule has 0 aliphatic carbocycles. The molecule has 110 valence electrons. The van der Waals surface area contributed by atoms with E-state index >= 15 is 0 Å². The van der Waals surface area contributed by atoms with Crippen molar-refractivity contribution in [3.05, 3.63) is 21.3 Å². The average molecular weight is 344 g/mol. The van der Waals surface area contributed by atoms with Crippen LogP contribution in [0, 0.1) is 5.92 Å². The molecule has 2 saturated heterocycles. The summed E-state index contributed by atoms with van der Waals surface area (Å²) >= 11 is 7.70. The van der Waals surface area contributed by atoms with Crippen LogP contribution in [-0.4, -0.2) is 30.6 Å². The van der Waals surface area contributed by atoms with Gasteiger partial charge in [0.2, 0.25) is 0 Å². The van der Waals surface area contributed by atoms with Gasteiger partial charge in [-0.05, 0) is 43.9 Å². The van der Waals surface area contributed by atoms with Gasteiger partial charge in [0.05, 0.1) is 4.34 Å². The predicted octanol–water partition coefficient (Wildman–Crippen LogP) is 3.82. The number of hydrogen-bond donors (Lipinski definition) is 1. The van der Waals surface area contributed by atoms with Crippen LogP contribution in [0.2, 0.25) is 4.34 Å². The van der Waals surface area contributed by atoms with E-state index in [2.05, 4.69) is 16.3 Å². The summed E-state index contributed by atoms with van der Waals surface area (Å²) in [7, 11) is 0. The third-order valence-corrected chi connectivity index (χ3v) is 5.20. The minimum atomic E-state index is 0. The molecular weight excluding hydrogens is 323 g/mol. The third-order valence-electron chi connectivity index (χ3n) is 3.98. The first kappa shape index (κ1) is 17.5. The normalized spacial score (nSPS) is 27.0. The standard InChI is InChI=1S/C13H19ClN2S.2ClH/c14-13-4-3-11(17-13)9-16-7-5-12-10(8-16)2-1-6-15-12;;/h3-4,10,12,15H,1-2,5-9H2;2*1H/t10-,12+;;/m1../s1. The van der Waals surface area contributed by atoms with Crippen molar-refractivity contribution < 1.29 is 0 Å². The monoisotopic (exact) mass is 342 g/mol. The molecule has 3 heterocycles. The number of piperidine rings is 2. The predicted molar refractivity (Wildman–Crippen MR) is 88.2 cm³/mol. The lowest BCUT2D eigenvalue weighted by Gasteiger charge is -2.41. The minimum absolute atomic E-state index is 0. The maximum Gasteiger partial charge on any atom is 0.0931 e. The second kappa shape index (κ2) is 8.06. The number of rotatable bonds is 2. The minimum Gasteiger partial charge on any atom is -0.314 e. The zero-order valence-electron chi connectivity index (χ0n) is 10.8. The van der Waals surface area contributed by atoms with Gasteiger partial charge in [-0.25, -0.2) is 0 Å². The summed E-state index contributed by atoms with van der Waals surface area (Å²) in [6.45, 7) is 4.79. The van der Waals surface area contributed by atoms with Crippen molar-refractivity contribution in [2.45, 2.75) is 31.8 Å². The van der Waals surface area contributed by atoms with Crippen molar-refractivity contribution in [1.82, 2.24) is 10.2 Å². The molecule has 1 aromatic heterocycles. The lowest BCUT2D eigenvalue weighted by atomic mass is 9.85. The van der Waals surface area contributed by atoms with Gasteiger partial charge in [0.25, 0.3) is 0 Å². The van der Waals surface area contributed by atoms with E-state index in [0.29, 0.717) is 0 Å². The Morgan fingerprint density at radius 1 is 1.32 bits per heavy atom. The van der Waals surface area contributed by atoms with Crippen LogP contribution in [0.1, 0.15) is 24.1 Å². The second-order valence-electron chi connectivity index (χ2n) is 5.19. The number of nitrogens with zero attached hydrogens (tertiary/aromatic N) is 1. The molecule has 0 spiro atoms. The molecule has 2 aliphatic rings. The van der Waals surface area contributed by atoms with Crippen LogP contribution in [0.3, 0.4) is 0 Å². The van der Waals surface area contributed by atoms with Crippen LogP contribution in [0.4, 0.5) is 0 Å². The molecule has 0 amide bonds. The fraction of sp³-hybridized carbons (Fsp3) is 0.692. The highest BCUT2D eigenvalue weighted by atomic mass is 35.5. The van der Waals surface area contributed by atoms with Crippen molar-refractivity contribution in [2.24, 2.45) is 5.92 Å². The first-order valence-electron chi connectivity index (χ1n) is 6.51.